The van der Waals surface area contributed by atoms with E-state index in [1.807, 2.05) is 0 Å². The van der Waals surface area contributed by atoms with Crippen LogP contribution in [0.4, 0.5) is 4.39 Å². The Bertz CT molecular complexity index is 504. The van der Waals surface area contributed by atoms with E-state index in [1.54, 1.807) is 17.0 Å². The van der Waals surface area contributed by atoms with E-state index in [-0.39, 0.29) is 24.4 Å². The Labute approximate surface area is 119 Å². The molecule has 3 nitrogen and oxygen atoms in total. The van der Waals surface area contributed by atoms with Gasteiger partial charge in [-0.15, -0.1) is 0 Å². The highest BCUT2D eigenvalue weighted by Crippen LogP contribution is 2.19. The van der Waals surface area contributed by atoms with Crippen molar-refractivity contribution in [2.45, 2.75) is 18.9 Å². The summed E-state index contributed by atoms with van der Waals surface area (Å²) in [5.74, 6) is -0.552. The summed E-state index contributed by atoms with van der Waals surface area (Å²) in [6.45, 7) is 0.625. The van der Waals surface area contributed by atoms with E-state index in [0.29, 0.717) is 12.1 Å². The molecule has 1 saturated heterocycles. The molecule has 1 aliphatic rings. The molecule has 1 amide bonds. The zero-order valence-electron chi connectivity index (χ0n) is 10.4. The number of nitrogens with zero attached hydrogens (tertiary/aromatic N) is 1. The molecule has 0 aromatic heterocycles. The van der Waals surface area contributed by atoms with Gasteiger partial charge in [0, 0.05) is 22.7 Å². The minimum absolute atomic E-state index is 0.0230. The fourth-order valence-corrected chi connectivity index (χ4v) is 2.59. The van der Waals surface area contributed by atoms with Crippen molar-refractivity contribution < 1.29 is 14.3 Å². The van der Waals surface area contributed by atoms with Crippen molar-refractivity contribution in [1.29, 1.82) is 0 Å². The summed E-state index contributed by atoms with van der Waals surface area (Å²) in [6, 6.07) is 4.47. The molecule has 1 aromatic rings. The van der Waals surface area contributed by atoms with Crippen LogP contribution in [-0.4, -0.2) is 35.1 Å². The van der Waals surface area contributed by atoms with Crippen molar-refractivity contribution in [1.82, 2.24) is 4.90 Å². The number of halogens is 2. The number of likely N-dealkylation sites (tertiary alicyclic amines) is 1. The lowest BCUT2D eigenvalue weighted by atomic mass is 10.2. The van der Waals surface area contributed by atoms with E-state index in [9.17, 15) is 9.18 Å². The molecule has 0 saturated carbocycles. The molecule has 1 fully saturated rings. The maximum atomic E-state index is 13.5. The summed E-state index contributed by atoms with van der Waals surface area (Å²) < 4.78 is 14.3. The Morgan fingerprint density at radius 2 is 2.37 bits per heavy atom. The predicted octanol–water partition coefficient (Wildman–Crippen LogP) is 2.58. The Hall–Kier alpha value is -1.20. The fraction of sp³-hybridized carbons (Fsp3) is 0.357. The van der Waals surface area contributed by atoms with Crippen LogP contribution >= 0.6 is 15.9 Å². The van der Waals surface area contributed by atoms with Gasteiger partial charge in [0.2, 0.25) is 5.91 Å². The maximum Gasteiger partial charge on any atom is 0.246 e. The Morgan fingerprint density at radius 1 is 1.58 bits per heavy atom. The molecule has 1 heterocycles. The van der Waals surface area contributed by atoms with Gasteiger partial charge >= 0.3 is 0 Å². The number of carbonyl (C=O) groups is 1. The lowest BCUT2D eigenvalue weighted by Gasteiger charge is -2.21. The maximum absolute atomic E-state index is 13.5. The molecule has 0 radical (unpaired) electrons. The number of benzene rings is 1. The van der Waals surface area contributed by atoms with E-state index in [2.05, 4.69) is 15.9 Å². The highest BCUT2D eigenvalue weighted by atomic mass is 79.9. The molecule has 5 heteroatoms. The van der Waals surface area contributed by atoms with Crippen molar-refractivity contribution >= 4 is 27.9 Å². The fourth-order valence-electron chi connectivity index (χ4n) is 2.21. The van der Waals surface area contributed by atoms with E-state index in [0.717, 1.165) is 17.3 Å². The third-order valence-electron chi connectivity index (χ3n) is 3.23. The molecule has 0 spiro atoms. The molecule has 1 aliphatic heterocycles. The molecule has 1 N–H and O–H groups in total. The Morgan fingerprint density at radius 3 is 3.11 bits per heavy atom. The Balaban J connectivity index is 2.09. The van der Waals surface area contributed by atoms with Gasteiger partial charge in [-0.3, -0.25) is 4.79 Å². The first-order chi connectivity index (χ1) is 9.11. The molecule has 1 unspecified atom stereocenters. The van der Waals surface area contributed by atoms with Gasteiger partial charge in [-0.1, -0.05) is 15.9 Å². The van der Waals surface area contributed by atoms with E-state index in [1.165, 1.54) is 18.2 Å². The summed E-state index contributed by atoms with van der Waals surface area (Å²) in [4.78, 5) is 13.6. The first kappa shape index (κ1) is 14.2. The SMILES string of the molecule is O=C(/C=C/c1cc(Br)ccc1F)N1CCCC1CO. The van der Waals surface area contributed by atoms with Crippen molar-refractivity contribution in [3.05, 3.63) is 40.1 Å². The minimum Gasteiger partial charge on any atom is -0.394 e. The van der Waals surface area contributed by atoms with Gasteiger partial charge < -0.3 is 10.0 Å². The van der Waals surface area contributed by atoms with Crippen molar-refractivity contribution in [2.75, 3.05) is 13.2 Å². The number of hydrogen-bond donors (Lipinski definition) is 1. The minimum atomic E-state index is -0.368. The third-order valence-corrected chi connectivity index (χ3v) is 3.73. The van der Waals surface area contributed by atoms with Crippen LogP contribution in [0.15, 0.2) is 28.7 Å². The highest BCUT2D eigenvalue weighted by Gasteiger charge is 2.26. The van der Waals surface area contributed by atoms with Crippen LogP contribution < -0.4 is 0 Å². The van der Waals surface area contributed by atoms with E-state index < -0.39 is 0 Å². The summed E-state index contributed by atoms with van der Waals surface area (Å²) in [7, 11) is 0. The van der Waals surface area contributed by atoms with Gasteiger partial charge in [-0.05, 0) is 37.1 Å². The van der Waals surface area contributed by atoms with Gasteiger partial charge in [-0.2, -0.15) is 0 Å². The first-order valence-corrected chi connectivity index (χ1v) is 6.95. The monoisotopic (exact) mass is 327 g/mol. The van der Waals surface area contributed by atoms with E-state index >= 15 is 0 Å². The average Bonchev–Trinajstić information content (AvgIpc) is 2.88. The molecule has 0 aliphatic carbocycles. The van der Waals surface area contributed by atoms with Crippen LogP contribution in [0.1, 0.15) is 18.4 Å². The van der Waals surface area contributed by atoms with Crippen LogP contribution in [0.5, 0.6) is 0 Å². The topological polar surface area (TPSA) is 40.5 Å². The second-order valence-corrected chi connectivity index (χ2v) is 5.43. The van der Waals surface area contributed by atoms with Crippen LogP contribution in [0.3, 0.4) is 0 Å². The summed E-state index contributed by atoms with van der Waals surface area (Å²) in [5, 5.41) is 9.17. The quantitative estimate of drug-likeness (QED) is 0.867. The van der Waals surface area contributed by atoms with Crippen LogP contribution in [0.2, 0.25) is 0 Å². The summed E-state index contributed by atoms with van der Waals surface area (Å²) >= 11 is 3.26. The smallest absolute Gasteiger partial charge is 0.246 e. The molecular formula is C14H15BrFNO2. The second kappa shape index (κ2) is 6.30. The number of aliphatic hydroxyl groups excluding tert-OH is 1. The molecule has 1 atom stereocenters. The lowest BCUT2D eigenvalue weighted by Crippen LogP contribution is -2.36. The molecular weight excluding hydrogens is 313 g/mol. The van der Waals surface area contributed by atoms with Gasteiger partial charge in [0.15, 0.2) is 0 Å². The number of carbonyl (C=O) groups excluding carboxylic acids is 1. The zero-order valence-corrected chi connectivity index (χ0v) is 11.9. The zero-order chi connectivity index (χ0) is 13.8. The van der Waals surface area contributed by atoms with Gasteiger partial charge in [0.1, 0.15) is 5.82 Å². The van der Waals surface area contributed by atoms with Crippen molar-refractivity contribution in [3.63, 3.8) is 0 Å². The summed E-state index contributed by atoms with van der Waals surface area (Å²) in [5.41, 5.74) is 0.363. The van der Waals surface area contributed by atoms with Gasteiger partial charge in [0.25, 0.3) is 0 Å². The number of aliphatic hydroxyl groups is 1. The first-order valence-electron chi connectivity index (χ1n) is 6.16. The normalized spacial score (nSPS) is 19.3. The standard InChI is InChI=1S/C14H15BrFNO2/c15-11-4-5-13(16)10(8-11)3-6-14(19)17-7-1-2-12(17)9-18/h3-6,8,12,18H,1-2,7,9H2/b6-3+. The van der Waals surface area contributed by atoms with E-state index in [4.69, 9.17) is 5.11 Å². The second-order valence-electron chi connectivity index (χ2n) is 4.51. The van der Waals surface area contributed by atoms with Crippen LogP contribution in [-0.2, 0) is 4.79 Å². The third kappa shape index (κ3) is 3.42. The van der Waals surface area contributed by atoms with Gasteiger partial charge in [0.05, 0.1) is 12.6 Å². The van der Waals surface area contributed by atoms with Crippen LogP contribution in [0.25, 0.3) is 6.08 Å². The predicted molar refractivity (Wildman–Crippen MR) is 75.0 cm³/mol. The number of rotatable bonds is 3. The molecule has 102 valence electrons. The van der Waals surface area contributed by atoms with Crippen LogP contribution in [0, 0.1) is 5.82 Å². The van der Waals surface area contributed by atoms with Gasteiger partial charge in [-0.25, -0.2) is 4.39 Å². The summed E-state index contributed by atoms with van der Waals surface area (Å²) in [6.07, 6.45) is 4.55. The molecule has 0 bridgehead atoms. The molecule has 1 aromatic carbocycles. The van der Waals surface area contributed by atoms with Crippen molar-refractivity contribution in [2.24, 2.45) is 0 Å². The Kier molecular flexibility index (Phi) is 4.71. The molecule has 2 rings (SSSR count). The average molecular weight is 328 g/mol. The van der Waals surface area contributed by atoms with Crippen molar-refractivity contribution in [3.8, 4) is 0 Å². The number of hydrogen-bond acceptors (Lipinski definition) is 2. The molecule has 19 heavy (non-hydrogen) atoms. The largest absolute Gasteiger partial charge is 0.394 e. The number of amides is 1. The highest BCUT2D eigenvalue weighted by molar-refractivity contribution is 9.10. The lowest BCUT2D eigenvalue weighted by molar-refractivity contribution is -0.127.